The van der Waals surface area contributed by atoms with Gasteiger partial charge < -0.3 is 10.1 Å². The lowest BCUT2D eigenvalue weighted by Crippen LogP contribution is -2.19. The maximum absolute atomic E-state index is 13.2. The number of anilines is 1. The van der Waals surface area contributed by atoms with Gasteiger partial charge in [-0.2, -0.15) is 13.2 Å². The molecule has 4 nitrogen and oxygen atoms in total. The monoisotopic (exact) mass is 337 g/mol. The minimum atomic E-state index is -4.52. The number of hydrogen-bond donors (Lipinski definition) is 1. The second kappa shape index (κ2) is 6.67. The van der Waals surface area contributed by atoms with Crippen LogP contribution in [0, 0.1) is 0 Å². The smallest absolute Gasteiger partial charge is 0.433 e. The van der Waals surface area contributed by atoms with Crippen molar-refractivity contribution in [2.45, 2.75) is 37.9 Å². The van der Waals surface area contributed by atoms with E-state index in [1.165, 1.54) is 7.11 Å². The second-order valence-electron chi connectivity index (χ2n) is 5.81. The van der Waals surface area contributed by atoms with E-state index < -0.39 is 11.9 Å². The topological polar surface area (TPSA) is 47.0 Å². The van der Waals surface area contributed by atoms with Crippen molar-refractivity contribution in [2.75, 3.05) is 12.4 Å². The Kier molecular flexibility index (Phi) is 4.59. The molecule has 128 valence electrons. The van der Waals surface area contributed by atoms with Gasteiger partial charge in [0.1, 0.15) is 5.75 Å². The van der Waals surface area contributed by atoms with Crippen LogP contribution >= 0.6 is 0 Å². The van der Waals surface area contributed by atoms with Crippen LogP contribution in [0.25, 0.3) is 11.3 Å². The first kappa shape index (κ1) is 16.5. The third-order valence-corrected chi connectivity index (χ3v) is 4.09. The molecule has 0 aliphatic heterocycles. The van der Waals surface area contributed by atoms with Gasteiger partial charge in [0.2, 0.25) is 5.95 Å². The zero-order valence-corrected chi connectivity index (χ0v) is 13.2. The van der Waals surface area contributed by atoms with Crippen molar-refractivity contribution in [3.05, 3.63) is 36.0 Å². The zero-order valence-electron chi connectivity index (χ0n) is 13.2. The highest BCUT2D eigenvalue weighted by Crippen LogP contribution is 2.32. The maximum atomic E-state index is 13.2. The van der Waals surface area contributed by atoms with Gasteiger partial charge in [-0.15, -0.1) is 0 Å². The molecule has 24 heavy (non-hydrogen) atoms. The lowest BCUT2D eigenvalue weighted by molar-refractivity contribution is -0.141. The molecule has 1 aromatic heterocycles. The number of aromatic nitrogens is 2. The summed E-state index contributed by atoms with van der Waals surface area (Å²) in [7, 11) is 1.53. The summed E-state index contributed by atoms with van der Waals surface area (Å²) in [5.74, 6) is 0.663. The normalized spacial score (nSPS) is 15.5. The Hall–Kier alpha value is -2.31. The van der Waals surface area contributed by atoms with Gasteiger partial charge in [0.05, 0.1) is 12.8 Å². The lowest BCUT2D eigenvalue weighted by atomic mass is 10.1. The van der Waals surface area contributed by atoms with Crippen molar-refractivity contribution >= 4 is 5.95 Å². The predicted molar refractivity (Wildman–Crippen MR) is 84.9 cm³/mol. The number of hydrogen-bond acceptors (Lipinski definition) is 4. The number of rotatable bonds is 4. The van der Waals surface area contributed by atoms with Gasteiger partial charge >= 0.3 is 6.18 Å². The Morgan fingerprint density at radius 2 is 1.75 bits per heavy atom. The first-order valence-electron chi connectivity index (χ1n) is 7.83. The molecule has 1 saturated carbocycles. The van der Waals surface area contributed by atoms with Crippen LogP contribution in [0.2, 0.25) is 0 Å². The molecule has 0 amide bonds. The molecule has 1 heterocycles. The Morgan fingerprint density at radius 3 is 2.33 bits per heavy atom. The van der Waals surface area contributed by atoms with E-state index in [2.05, 4.69) is 15.3 Å². The number of halogens is 3. The average Bonchev–Trinajstić information content (AvgIpc) is 3.07. The van der Waals surface area contributed by atoms with Crippen LogP contribution in [0.5, 0.6) is 5.75 Å². The van der Waals surface area contributed by atoms with Gasteiger partial charge in [-0.1, -0.05) is 12.8 Å². The highest BCUT2D eigenvalue weighted by Gasteiger charge is 2.34. The lowest BCUT2D eigenvalue weighted by Gasteiger charge is -2.15. The molecule has 3 rings (SSSR count). The Bertz CT molecular complexity index is 695. The van der Waals surface area contributed by atoms with Crippen LogP contribution in [0.15, 0.2) is 30.3 Å². The summed E-state index contributed by atoms with van der Waals surface area (Å²) in [4.78, 5) is 7.93. The summed E-state index contributed by atoms with van der Waals surface area (Å²) in [5, 5.41) is 3.04. The maximum Gasteiger partial charge on any atom is 0.433 e. The van der Waals surface area contributed by atoms with Gasteiger partial charge in [-0.3, -0.25) is 0 Å². The van der Waals surface area contributed by atoms with Crippen LogP contribution in [-0.2, 0) is 6.18 Å². The molecule has 2 aromatic rings. The fourth-order valence-corrected chi connectivity index (χ4v) is 2.82. The van der Waals surface area contributed by atoms with Crippen molar-refractivity contribution in [3.8, 4) is 17.0 Å². The summed E-state index contributed by atoms with van der Waals surface area (Å²) >= 11 is 0. The number of ether oxygens (including phenoxy) is 1. The number of alkyl halides is 3. The van der Waals surface area contributed by atoms with Gasteiger partial charge in [-0.05, 0) is 43.2 Å². The molecule has 0 bridgehead atoms. The SMILES string of the molecule is COc1ccc(-c2cc(C(F)(F)F)nc(NC3CCCC3)n2)cc1. The molecular weight excluding hydrogens is 319 g/mol. The van der Waals surface area contributed by atoms with Crippen LogP contribution in [0.3, 0.4) is 0 Å². The molecule has 1 aliphatic carbocycles. The highest BCUT2D eigenvalue weighted by atomic mass is 19.4. The van der Waals surface area contributed by atoms with E-state index in [1.807, 2.05) is 0 Å². The molecule has 0 unspecified atom stereocenters. The number of nitrogens with one attached hydrogen (secondary N) is 1. The molecule has 1 fully saturated rings. The summed E-state index contributed by atoms with van der Waals surface area (Å²) < 4.78 is 44.5. The van der Waals surface area contributed by atoms with Crippen LogP contribution in [0.1, 0.15) is 31.4 Å². The van der Waals surface area contributed by atoms with Gasteiger partial charge in [0.25, 0.3) is 0 Å². The third kappa shape index (κ3) is 3.77. The second-order valence-corrected chi connectivity index (χ2v) is 5.81. The molecule has 0 saturated heterocycles. The van der Waals surface area contributed by atoms with Crippen molar-refractivity contribution in [1.29, 1.82) is 0 Å². The summed E-state index contributed by atoms with van der Waals surface area (Å²) in [6.07, 6.45) is -0.519. The van der Waals surface area contributed by atoms with Gasteiger partial charge in [0, 0.05) is 11.6 Å². The van der Waals surface area contributed by atoms with Crippen LogP contribution in [0.4, 0.5) is 19.1 Å². The van der Waals surface area contributed by atoms with E-state index in [0.29, 0.717) is 11.3 Å². The first-order chi connectivity index (χ1) is 11.5. The summed E-state index contributed by atoms with van der Waals surface area (Å²) in [5.41, 5.74) is -0.123. The Morgan fingerprint density at radius 1 is 1.08 bits per heavy atom. The number of methoxy groups -OCH3 is 1. The third-order valence-electron chi connectivity index (χ3n) is 4.09. The molecule has 0 spiro atoms. The van der Waals surface area contributed by atoms with Gasteiger partial charge in [0.15, 0.2) is 5.69 Å². The minimum Gasteiger partial charge on any atom is -0.497 e. The van der Waals surface area contributed by atoms with E-state index in [9.17, 15) is 13.2 Å². The van der Waals surface area contributed by atoms with Crippen LogP contribution in [-0.4, -0.2) is 23.1 Å². The van der Waals surface area contributed by atoms with Gasteiger partial charge in [-0.25, -0.2) is 9.97 Å². The molecule has 1 N–H and O–H groups in total. The highest BCUT2D eigenvalue weighted by molar-refractivity contribution is 5.62. The standard InChI is InChI=1S/C17H18F3N3O/c1-24-13-8-6-11(7-9-13)14-10-15(17(18,19)20)23-16(22-14)21-12-4-2-3-5-12/h6-10,12H,2-5H2,1H3,(H,21,22,23). The van der Waals surface area contributed by atoms with E-state index in [1.54, 1.807) is 24.3 Å². The molecule has 7 heteroatoms. The van der Waals surface area contributed by atoms with Crippen molar-refractivity contribution in [3.63, 3.8) is 0 Å². The number of benzene rings is 1. The average molecular weight is 337 g/mol. The molecule has 1 aliphatic rings. The molecular formula is C17H18F3N3O. The Labute approximate surface area is 138 Å². The first-order valence-corrected chi connectivity index (χ1v) is 7.83. The molecule has 0 atom stereocenters. The van der Waals surface area contributed by atoms with E-state index >= 15 is 0 Å². The van der Waals surface area contributed by atoms with E-state index in [4.69, 9.17) is 4.74 Å². The quantitative estimate of drug-likeness (QED) is 0.891. The van der Waals surface area contributed by atoms with Crippen LogP contribution < -0.4 is 10.1 Å². The predicted octanol–water partition coefficient (Wildman–Crippen LogP) is 4.53. The van der Waals surface area contributed by atoms with E-state index in [0.717, 1.165) is 31.7 Å². The summed E-state index contributed by atoms with van der Waals surface area (Å²) in [6, 6.07) is 7.85. The largest absolute Gasteiger partial charge is 0.497 e. The molecule has 1 aromatic carbocycles. The number of nitrogens with zero attached hydrogens (tertiary/aromatic N) is 2. The fraction of sp³-hybridized carbons (Fsp3) is 0.412. The Balaban J connectivity index is 1.96. The van der Waals surface area contributed by atoms with Crippen molar-refractivity contribution < 1.29 is 17.9 Å². The minimum absolute atomic E-state index is 0.0301. The molecule has 0 radical (unpaired) electrons. The van der Waals surface area contributed by atoms with E-state index in [-0.39, 0.29) is 17.7 Å². The zero-order chi connectivity index (χ0) is 17.2. The fourth-order valence-electron chi connectivity index (χ4n) is 2.82. The summed E-state index contributed by atoms with van der Waals surface area (Å²) in [6.45, 7) is 0. The van der Waals surface area contributed by atoms with Crippen molar-refractivity contribution in [2.24, 2.45) is 0 Å². The van der Waals surface area contributed by atoms with Crippen molar-refractivity contribution in [1.82, 2.24) is 9.97 Å².